The van der Waals surface area contributed by atoms with E-state index in [2.05, 4.69) is 18.8 Å². The number of fused-ring (bicyclic) bond motifs is 1. The smallest absolute Gasteiger partial charge is 0.130 e. The molecule has 0 aliphatic rings. The molecule has 0 bridgehead atoms. The largest absolute Gasteiger partial charge is 0.490 e. The van der Waals surface area contributed by atoms with Gasteiger partial charge in [0, 0.05) is 17.3 Å². The lowest BCUT2D eigenvalue weighted by Crippen LogP contribution is -2.11. The summed E-state index contributed by atoms with van der Waals surface area (Å²) in [6, 6.07) is 7.69. The molecule has 1 unspecified atom stereocenters. The second-order valence-electron chi connectivity index (χ2n) is 5.36. The number of hydrogen-bond donors (Lipinski definition) is 1. The molecule has 0 aliphatic carbocycles. The van der Waals surface area contributed by atoms with Crippen molar-refractivity contribution in [3.8, 4) is 5.75 Å². The average molecular weight is 272 g/mol. The molecule has 108 valence electrons. The van der Waals surface area contributed by atoms with Crippen molar-refractivity contribution in [3.05, 3.63) is 30.5 Å². The zero-order valence-corrected chi connectivity index (χ0v) is 12.4. The maximum Gasteiger partial charge on any atom is 0.130 e. The van der Waals surface area contributed by atoms with Gasteiger partial charge in [-0.05, 0) is 44.0 Å². The first-order valence-electron chi connectivity index (χ1n) is 7.51. The van der Waals surface area contributed by atoms with Gasteiger partial charge in [-0.1, -0.05) is 26.2 Å². The van der Waals surface area contributed by atoms with E-state index in [1.165, 1.54) is 25.7 Å². The normalized spacial score (nSPS) is 12.5. The van der Waals surface area contributed by atoms with E-state index in [1.54, 1.807) is 6.20 Å². The number of hydrogen-bond acceptors (Lipinski definition) is 3. The van der Waals surface area contributed by atoms with Crippen molar-refractivity contribution in [2.24, 2.45) is 0 Å². The SMILES string of the molecule is CCCCCCC(C)Oc1ccnc2cc(N)ccc12. The standard InChI is InChI=1S/C17H24N2O/c1-3-4-5-6-7-13(2)20-17-10-11-19-16-12-14(18)8-9-15(16)17/h8-13H,3-7,18H2,1-2H3. The number of nitrogen functional groups attached to an aromatic ring is 1. The van der Waals surface area contributed by atoms with Crippen LogP contribution in [0, 0.1) is 0 Å². The van der Waals surface area contributed by atoms with Crippen molar-refractivity contribution in [1.82, 2.24) is 4.98 Å². The molecule has 2 aromatic rings. The minimum Gasteiger partial charge on any atom is -0.490 e. The fraction of sp³-hybridized carbons (Fsp3) is 0.471. The molecule has 1 aromatic carbocycles. The third-order valence-corrected chi connectivity index (χ3v) is 3.52. The van der Waals surface area contributed by atoms with Crippen LogP contribution in [-0.4, -0.2) is 11.1 Å². The van der Waals surface area contributed by atoms with Gasteiger partial charge >= 0.3 is 0 Å². The number of ether oxygens (including phenoxy) is 1. The molecular formula is C17H24N2O. The molecule has 0 spiro atoms. The highest BCUT2D eigenvalue weighted by atomic mass is 16.5. The number of anilines is 1. The molecule has 3 nitrogen and oxygen atoms in total. The Kier molecular flexibility index (Phi) is 5.22. The summed E-state index contributed by atoms with van der Waals surface area (Å²) in [6.07, 6.45) is 8.20. The number of rotatable bonds is 7. The van der Waals surface area contributed by atoms with Crippen LogP contribution in [0.4, 0.5) is 5.69 Å². The lowest BCUT2D eigenvalue weighted by Gasteiger charge is -2.16. The van der Waals surface area contributed by atoms with Crippen molar-refractivity contribution in [2.75, 3.05) is 5.73 Å². The predicted molar refractivity (Wildman–Crippen MR) is 85.0 cm³/mol. The van der Waals surface area contributed by atoms with E-state index < -0.39 is 0 Å². The molecule has 2 rings (SSSR count). The van der Waals surface area contributed by atoms with Gasteiger partial charge in [-0.3, -0.25) is 4.98 Å². The third kappa shape index (κ3) is 3.86. The van der Waals surface area contributed by atoms with Gasteiger partial charge in [0.15, 0.2) is 0 Å². The number of unbranched alkanes of at least 4 members (excludes halogenated alkanes) is 3. The van der Waals surface area contributed by atoms with E-state index >= 15 is 0 Å². The molecule has 1 heterocycles. The number of nitrogens with zero attached hydrogens (tertiary/aromatic N) is 1. The quantitative estimate of drug-likeness (QED) is 0.594. The Morgan fingerprint density at radius 2 is 2.05 bits per heavy atom. The van der Waals surface area contributed by atoms with E-state index in [0.717, 1.165) is 28.8 Å². The van der Waals surface area contributed by atoms with Gasteiger partial charge in [-0.2, -0.15) is 0 Å². The van der Waals surface area contributed by atoms with Gasteiger partial charge in [-0.15, -0.1) is 0 Å². The first kappa shape index (κ1) is 14.6. The maximum absolute atomic E-state index is 6.07. The monoisotopic (exact) mass is 272 g/mol. The number of pyridine rings is 1. The summed E-state index contributed by atoms with van der Waals surface area (Å²) in [5, 5.41) is 1.03. The lowest BCUT2D eigenvalue weighted by atomic mass is 10.1. The highest BCUT2D eigenvalue weighted by Gasteiger charge is 2.08. The van der Waals surface area contributed by atoms with Gasteiger partial charge in [0.25, 0.3) is 0 Å². The van der Waals surface area contributed by atoms with Gasteiger partial charge in [0.2, 0.25) is 0 Å². The highest BCUT2D eigenvalue weighted by Crippen LogP contribution is 2.26. The van der Waals surface area contributed by atoms with E-state index in [4.69, 9.17) is 10.5 Å². The first-order chi connectivity index (χ1) is 9.70. The van der Waals surface area contributed by atoms with E-state index in [1.807, 2.05) is 24.3 Å². The van der Waals surface area contributed by atoms with Crippen molar-refractivity contribution in [3.63, 3.8) is 0 Å². The van der Waals surface area contributed by atoms with Gasteiger partial charge < -0.3 is 10.5 Å². The Balaban J connectivity index is 2.02. The molecule has 0 saturated heterocycles. The fourth-order valence-electron chi connectivity index (χ4n) is 2.38. The third-order valence-electron chi connectivity index (χ3n) is 3.52. The molecule has 2 N–H and O–H groups in total. The van der Waals surface area contributed by atoms with Crippen molar-refractivity contribution >= 4 is 16.6 Å². The summed E-state index contributed by atoms with van der Waals surface area (Å²) >= 11 is 0. The van der Waals surface area contributed by atoms with Gasteiger partial charge in [-0.25, -0.2) is 0 Å². The number of benzene rings is 1. The Bertz CT molecular complexity index is 554. The Labute approximate surface area is 121 Å². The molecule has 1 atom stereocenters. The van der Waals surface area contributed by atoms with E-state index in [-0.39, 0.29) is 6.10 Å². The van der Waals surface area contributed by atoms with Crippen LogP contribution in [0.1, 0.15) is 46.0 Å². The van der Waals surface area contributed by atoms with Gasteiger partial charge in [0.1, 0.15) is 5.75 Å². The highest BCUT2D eigenvalue weighted by molar-refractivity contribution is 5.87. The van der Waals surface area contributed by atoms with Crippen LogP contribution in [0.5, 0.6) is 5.75 Å². The zero-order valence-electron chi connectivity index (χ0n) is 12.4. The van der Waals surface area contributed by atoms with Crippen molar-refractivity contribution in [2.45, 2.75) is 52.1 Å². The van der Waals surface area contributed by atoms with Crippen LogP contribution in [0.3, 0.4) is 0 Å². The minimum absolute atomic E-state index is 0.231. The van der Waals surface area contributed by atoms with Crippen LogP contribution < -0.4 is 10.5 Å². The van der Waals surface area contributed by atoms with Crippen LogP contribution in [0.2, 0.25) is 0 Å². The maximum atomic E-state index is 6.07. The fourth-order valence-corrected chi connectivity index (χ4v) is 2.38. The van der Waals surface area contributed by atoms with E-state index in [9.17, 15) is 0 Å². The van der Waals surface area contributed by atoms with Crippen molar-refractivity contribution in [1.29, 1.82) is 0 Å². The van der Waals surface area contributed by atoms with Crippen molar-refractivity contribution < 1.29 is 4.74 Å². The Morgan fingerprint density at radius 3 is 2.85 bits per heavy atom. The summed E-state index contributed by atoms with van der Waals surface area (Å²) in [6.45, 7) is 4.37. The molecule has 0 fully saturated rings. The minimum atomic E-state index is 0.231. The second kappa shape index (κ2) is 7.13. The van der Waals surface area contributed by atoms with Gasteiger partial charge in [0.05, 0.1) is 11.6 Å². The Morgan fingerprint density at radius 1 is 1.20 bits per heavy atom. The molecule has 0 aliphatic heterocycles. The van der Waals surface area contributed by atoms with E-state index in [0.29, 0.717) is 0 Å². The molecule has 0 amide bonds. The first-order valence-corrected chi connectivity index (χ1v) is 7.51. The topological polar surface area (TPSA) is 48.1 Å². The van der Waals surface area contributed by atoms with Crippen LogP contribution in [0.15, 0.2) is 30.5 Å². The zero-order chi connectivity index (χ0) is 14.4. The molecule has 0 radical (unpaired) electrons. The number of aromatic nitrogens is 1. The van der Waals surface area contributed by atoms with Crippen LogP contribution in [-0.2, 0) is 0 Å². The summed E-state index contributed by atoms with van der Waals surface area (Å²) in [5.41, 5.74) is 7.41. The predicted octanol–water partition coefficient (Wildman–Crippen LogP) is 4.55. The van der Waals surface area contributed by atoms with Crippen LogP contribution >= 0.6 is 0 Å². The second-order valence-corrected chi connectivity index (χ2v) is 5.36. The summed E-state index contributed by atoms with van der Waals surface area (Å²) in [7, 11) is 0. The molecule has 20 heavy (non-hydrogen) atoms. The average Bonchev–Trinajstić information content (AvgIpc) is 2.43. The molecular weight excluding hydrogens is 248 g/mol. The summed E-state index contributed by atoms with van der Waals surface area (Å²) in [5.74, 6) is 0.901. The lowest BCUT2D eigenvalue weighted by molar-refractivity contribution is 0.209. The molecule has 0 saturated carbocycles. The number of nitrogens with two attached hydrogens (primary N) is 1. The summed E-state index contributed by atoms with van der Waals surface area (Å²) in [4.78, 5) is 4.34. The molecule has 1 aromatic heterocycles. The molecule has 3 heteroatoms. The van der Waals surface area contributed by atoms with Crippen LogP contribution in [0.25, 0.3) is 10.9 Å². The summed E-state index contributed by atoms with van der Waals surface area (Å²) < 4.78 is 6.07. The Hall–Kier alpha value is -1.77.